The normalized spacial score (nSPS) is 12.8. The molecule has 118 valence electrons. The van der Waals surface area contributed by atoms with Gasteiger partial charge in [0.2, 0.25) is 11.8 Å². The fourth-order valence-corrected chi connectivity index (χ4v) is 2.36. The largest absolute Gasteiger partial charge is 0.493 e. The summed E-state index contributed by atoms with van der Waals surface area (Å²) in [6.45, 7) is 5.59. The second kappa shape index (κ2) is 7.64. The average Bonchev–Trinajstić information content (AvgIpc) is 2.98. The highest BCUT2D eigenvalue weighted by atomic mass is 16.5. The fraction of sp³-hybridized carbons (Fsp3) is 0.412. The molecular weight excluding hydrogens is 280 g/mol. The third kappa shape index (κ3) is 4.10. The minimum Gasteiger partial charge on any atom is -0.493 e. The van der Waals surface area contributed by atoms with Gasteiger partial charge in [-0.2, -0.15) is 0 Å². The van der Waals surface area contributed by atoms with E-state index in [1.165, 1.54) is 16.5 Å². The lowest BCUT2D eigenvalue weighted by atomic mass is 10.1. The van der Waals surface area contributed by atoms with Crippen molar-refractivity contribution in [3.05, 3.63) is 35.4 Å². The maximum atomic E-state index is 12.2. The summed E-state index contributed by atoms with van der Waals surface area (Å²) in [5, 5.41) is 2.70. The molecular formula is C17H22N2O3. The van der Waals surface area contributed by atoms with Crippen LogP contribution in [0.3, 0.4) is 0 Å². The van der Waals surface area contributed by atoms with Crippen LogP contribution in [0.2, 0.25) is 0 Å². The molecule has 1 aliphatic rings. The van der Waals surface area contributed by atoms with E-state index in [2.05, 4.69) is 5.32 Å². The summed E-state index contributed by atoms with van der Waals surface area (Å²) in [7, 11) is 0. The van der Waals surface area contributed by atoms with Crippen LogP contribution in [0.4, 0.5) is 0 Å². The molecule has 1 aromatic carbocycles. The minimum absolute atomic E-state index is 0.0888. The van der Waals surface area contributed by atoms with Gasteiger partial charge in [0.25, 0.3) is 0 Å². The molecule has 0 saturated carbocycles. The van der Waals surface area contributed by atoms with E-state index in [1.54, 1.807) is 6.08 Å². The number of nitrogens with zero attached hydrogens (tertiary/aromatic N) is 1. The van der Waals surface area contributed by atoms with E-state index in [1.807, 2.05) is 32.0 Å². The van der Waals surface area contributed by atoms with Gasteiger partial charge in [-0.1, -0.05) is 6.07 Å². The van der Waals surface area contributed by atoms with Gasteiger partial charge in [-0.15, -0.1) is 0 Å². The number of ether oxygens (including phenoxy) is 1. The van der Waals surface area contributed by atoms with Crippen LogP contribution in [0.5, 0.6) is 5.75 Å². The molecule has 2 amide bonds. The van der Waals surface area contributed by atoms with Gasteiger partial charge in [0, 0.05) is 25.6 Å². The molecule has 1 aliphatic heterocycles. The van der Waals surface area contributed by atoms with Crippen LogP contribution in [0.1, 0.15) is 25.0 Å². The third-order valence-electron chi connectivity index (χ3n) is 3.53. The average molecular weight is 302 g/mol. The summed E-state index contributed by atoms with van der Waals surface area (Å²) in [5.74, 6) is 0.626. The molecule has 0 atom stereocenters. The quantitative estimate of drug-likeness (QED) is 0.812. The van der Waals surface area contributed by atoms with Gasteiger partial charge in [0.05, 0.1) is 13.2 Å². The highest BCUT2D eigenvalue weighted by Crippen LogP contribution is 2.26. The van der Waals surface area contributed by atoms with Crippen molar-refractivity contribution in [2.24, 2.45) is 0 Å². The Morgan fingerprint density at radius 3 is 2.91 bits per heavy atom. The van der Waals surface area contributed by atoms with Crippen LogP contribution in [0, 0.1) is 0 Å². The summed E-state index contributed by atoms with van der Waals surface area (Å²) >= 11 is 0. The van der Waals surface area contributed by atoms with Crippen molar-refractivity contribution in [3.8, 4) is 5.75 Å². The number of carbonyl (C=O) groups excluding carboxylic acids is 2. The topological polar surface area (TPSA) is 58.6 Å². The SMILES string of the molecule is CCNC(=O)CN(CC)C(=O)/C=C/c1ccc2c(c1)CCO2. The van der Waals surface area contributed by atoms with Crippen molar-refractivity contribution in [1.82, 2.24) is 10.2 Å². The molecule has 0 saturated heterocycles. The molecule has 0 aromatic heterocycles. The Balaban J connectivity index is 1.98. The lowest BCUT2D eigenvalue weighted by Gasteiger charge is -2.18. The lowest BCUT2D eigenvalue weighted by molar-refractivity contribution is -0.132. The van der Waals surface area contributed by atoms with Gasteiger partial charge in [-0.3, -0.25) is 9.59 Å². The van der Waals surface area contributed by atoms with E-state index >= 15 is 0 Å². The summed E-state index contributed by atoms with van der Waals surface area (Å²) in [4.78, 5) is 25.2. The van der Waals surface area contributed by atoms with Crippen molar-refractivity contribution >= 4 is 17.9 Å². The summed E-state index contributed by atoms with van der Waals surface area (Å²) < 4.78 is 5.46. The molecule has 0 fully saturated rings. The number of fused-ring (bicyclic) bond motifs is 1. The Kier molecular flexibility index (Phi) is 5.58. The number of amides is 2. The molecule has 0 spiro atoms. The molecule has 5 heteroatoms. The monoisotopic (exact) mass is 302 g/mol. The molecule has 0 aliphatic carbocycles. The van der Waals surface area contributed by atoms with Crippen LogP contribution >= 0.6 is 0 Å². The third-order valence-corrected chi connectivity index (χ3v) is 3.53. The Labute approximate surface area is 130 Å². The number of benzene rings is 1. The Hall–Kier alpha value is -2.30. The Morgan fingerprint density at radius 2 is 2.18 bits per heavy atom. The first-order chi connectivity index (χ1) is 10.6. The van der Waals surface area contributed by atoms with E-state index in [0.717, 1.165) is 24.3 Å². The predicted octanol–water partition coefficient (Wildman–Crippen LogP) is 1.62. The molecule has 2 rings (SSSR count). The zero-order valence-corrected chi connectivity index (χ0v) is 13.1. The highest BCUT2D eigenvalue weighted by molar-refractivity contribution is 5.94. The molecule has 5 nitrogen and oxygen atoms in total. The van der Waals surface area contributed by atoms with Gasteiger partial charge in [-0.05, 0) is 43.2 Å². The first-order valence-electron chi connectivity index (χ1n) is 7.63. The maximum absolute atomic E-state index is 12.2. The van der Waals surface area contributed by atoms with Crippen LogP contribution < -0.4 is 10.1 Å². The van der Waals surface area contributed by atoms with E-state index in [4.69, 9.17) is 4.74 Å². The molecule has 0 bridgehead atoms. The first-order valence-corrected chi connectivity index (χ1v) is 7.63. The molecule has 0 radical (unpaired) electrons. The number of rotatable bonds is 6. The maximum Gasteiger partial charge on any atom is 0.247 e. The van der Waals surface area contributed by atoms with E-state index in [0.29, 0.717) is 13.1 Å². The van der Waals surface area contributed by atoms with Gasteiger partial charge < -0.3 is 15.0 Å². The number of likely N-dealkylation sites (N-methyl/N-ethyl adjacent to an activating group) is 2. The summed E-state index contributed by atoms with van der Waals surface area (Å²) in [5.41, 5.74) is 2.14. The van der Waals surface area contributed by atoms with Crippen molar-refractivity contribution in [2.45, 2.75) is 20.3 Å². The van der Waals surface area contributed by atoms with Gasteiger partial charge in [0.15, 0.2) is 0 Å². The van der Waals surface area contributed by atoms with E-state index < -0.39 is 0 Å². The van der Waals surface area contributed by atoms with Crippen LogP contribution in [-0.4, -0.2) is 43.0 Å². The fourth-order valence-electron chi connectivity index (χ4n) is 2.36. The van der Waals surface area contributed by atoms with Gasteiger partial charge in [-0.25, -0.2) is 0 Å². The lowest BCUT2D eigenvalue weighted by Crippen LogP contribution is -2.39. The van der Waals surface area contributed by atoms with Crippen LogP contribution in [0.25, 0.3) is 6.08 Å². The van der Waals surface area contributed by atoms with Gasteiger partial charge in [0.1, 0.15) is 5.75 Å². The number of nitrogens with one attached hydrogen (secondary N) is 1. The van der Waals surface area contributed by atoms with Crippen molar-refractivity contribution in [1.29, 1.82) is 0 Å². The second-order valence-electron chi connectivity index (χ2n) is 5.10. The Morgan fingerprint density at radius 1 is 1.36 bits per heavy atom. The van der Waals surface area contributed by atoms with Crippen molar-refractivity contribution < 1.29 is 14.3 Å². The molecule has 1 aromatic rings. The van der Waals surface area contributed by atoms with E-state index in [9.17, 15) is 9.59 Å². The van der Waals surface area contributed by atoms with Crippen LogP contribution in [0.15, 0.2) is 24.3 Å². The summed E-state index contributed by atoms with van der Waals surface area (Å²) in [6, 6.07) is 5.89. The second-order valence-corrected chi connectivity index (χ2v) is 5.10. The smallest absolute Gasteiger partial charge is 0.247 e. The van der Waals surface area contributed by atoms with Crippen LogP contribution in [-0.2, 0) is 16.0 Å². The van der Waals surface area contributed by atoms with E-state index in [-0.39, 0.29) is 18.4 Å². The molecule has 0 unspecified atom stereocenters. The number of carbonyl (C=O) groups is 2. The molecule has 1 heterocycles. The number of hydrogen-bond donors (Lipinski definition) is 1. The zero-order chi connectivity index (χ0) is 15.9. The Bertz CT molecular complexity index is 581. The standard InChI is InChI=1S/C17H22N2O3/c1-3-18-16(20)12-19(4-2)17(21)8-6-13-5-7-15-14(11-13)9-10-22-15/h5-8,11H,3-4,9-10,12H2,1-2H3,(H,18,20)/b8-6+. The number of hydrogen-bond acceptors (Lipinski definition) is 3. The van der Waals surface area contributed by atoms with Gasteiger partial charge >= 0.3 is 0 Å². The highest BCUT2D eigenvalue weighted by Gasteiger charge is 2.13. The predicted molar refractivity (Wildman–Crippen MR) is 85.6 cm³/mol. The first kappa shape index (κ1) is 16.1. The molecule has 22 heavy (non-hydrogen) atoms. The van der Waals surface area contributed by atoms with Crippen molar-refractivity contribution in [2.75, 3.05) is 26.2 Å². The minimum atomic E-state index is -0.162. The zero-order valence-electron chi connectivity index (χ0n) is 13.1. The van der Waals surface area contributed by atoms with Crippen molar-refractivity contribution in [3.63, 3.8) is 0 Å². The summed E-state index contributed by atoms with van der Waals surface area (Å²) in [6.07, 6.45) is 4.20. The molecule has 1 N–H and O–H groups in total.